The van der Waals surface area contributed by atoms with Crippen molar-refractivity contribution in [2.24, 2.45) is 5.92 Å². The Morgan fingerprint density at radius 1 is 1.30 bits per heavy atom. The van der Waals surface area contributed by atoms with Crippen LogP contribution in [0.5, 0.6) is 5.75 Å². The largest absolute Gasteiger partial charge is 0.496 e. The van der Waals surface area contributed by atoms with E-state index in [1.165, 1.54) is 30.2 Å². The number of Topliss-reactive ketones (excluding diaryl/α,β-unsaturated/α-hetero) is 1. The van der Waals surface area contributed by atoms with Crippen LogP contribution >= 0.6 is 0 Å². The number of amides is 1. The van der Waals surface area contributed by atoms with Gasteiger partial charge in [0.15, 0.2) is 5.78 Å². The summed E-state index contributed by atoms with van der Waals surface area (Å²) in [6.07, 6.45) is 0.0941. The number of ether oxygens (including phenoxy) is 2. The number of benzene rings is 1. The highest BCUT2D eigenvalue weighted by molar-refractivity contribution is 6.00. The lowest BCUT2D eigenvalue weighted by atomic mass is 9.96. The van der Waals surface area contributed by atoms with Crippen molar-refractivity contribution in [3.63, 3.8) is 0 Å². The standard InChI is InChI=1S/C17H22FNO4/c1-17(2,3)23-16(21)19-8-7-11(10-19)15(20)13-9-12(18)5-6-14(13)22-4/h5-6,9,11H,7-8,10H2,1-4H3. The molecular weight excluding hydrogens is 301 g/mol. The van der Waals surface area contributed by atoms with Crippen LogP contribution in [0.4, 0.5) is 9.18 Å². The Bertz CT molecular complexity index is 609. The minimum Gasteiger partial charge on any atom is -0.496 e. The first-order valence-corrected chi connectivity index (χ1v) is 7.57. The third-order valence-electron chi connectivity index (χ3n) is 3.64. The summed E-state index contributed by atoms with van der Waals surface area (Å²) in [7, 11) is 1.44. The summed E-state index contributed by atoms with van der Waals surface area (Å²) in [5.41, 5.74) is -0.367. The molecule has 1 aliphatic heterocycles. The maximum Gasteiger partial charge on any atom is 0.410 e. The quantitative estimate of drug-likeness (QED) is 0.801. The summed E-state index contributed by atoms with van der Waals surface area (Å²) >= 11 is 0. The number of methoxy groups -OCH3 is 1. The number of carbonyl (C=O) groups excluding carboxylic acids is 2. The van der Waals surface area contributed by atoms with E-state index in [1.54, 1.807) is 20.8 Å². The van der Waals surface area contributed by atoms with Gasteiger partial charge in [-0.25, -0.2) is 9.18 Å². The number of nitrogens with zero attached hydrogens (tertiary/aromatic N) is 1. The molecule has 0 bridgehead atoms. The average Bonchev–Trinajstić information content (AvgIpc) is 2.94. The molecule has 1 amide bonds. The summed E-state index contributed by atoms with van der Waals surface area (Å²) in [6.45, 7) is 6.10. The van der Waals surface area contributed by atoms with Gasteiger partial charge in [-0.1, -0.05) is 0 Å². The van der Waals surface area contributed by atoms with Crippen molar-refractivity contribution < 1.29 is 23.5 Å². The monoisotopic (exact) mass is 323 g/mol. The predicted octanol–water partition coefficient (Wildman–Crippen LogP) is 3.27. The van der Waals surface area contributed by atoms with Gasteiger partial charge < -0.3 is 14.4 Å². The van der Waals surface area contributed by atoms with E-state index in [9.17, 15) is 14.0 Å². The Labute approximate surface area is 135 Å². The van der Waals surface area contributed by atoms with E-state index in [0.29, 0.717) is 18.7 Å². The highest BCUT2D eigenvalue weighted by atomic mass is 19.1. The fraction of sp³-hybridized carbons (Fsp3) is 0.529. The van der Waals surface area contributed by atoms with Crippen molar-refractivity contribution in [1.82, 2.24) is 4.90 Å². The number of hydrogen-bond acceptors (Lipinski definition) is 4. The van der Waals surface area contributed by atoms with Gasteiger partial charge in [0.1, 0.15) is 17.2 Å². The van der Waals surface area contributed by atoms with Crippen molar-refractivity contribution in [3.05, 3.63) is 29.6 Å². The Balaban J connectivity index is 2.08. The molecule has 0 aliphatic carbocycles. The third kappa shape index (κ3) is 4.21. The zero-order chi connectivity index (χ0) is 17.2. The van der Waals surface area contributed by atoms with Gasteiger partial charge in [0.2, 0.25) is 0 Å². The van der Waals surface area contributed by atoms with Crippen LogP contribution in [0.25, 0.3) is 0 Å². The molecule has 6 heteroatoms. The van der Waals surface area contributed by atoms with Crippen molar-refractivity contribution in [2.75, 3.05) is 20.2 Å². The topological polar surface area (TPSA) is 55.8 Å². The van der Waals surface area contributed by atoms with Crippen LogP contribution in [0.1, 0.15) is 37.6 Å². The Morgan fingerprint density at radius 3 is 2.61 bits per heavy atom. The van der Waals surface area contributed by atoms with Crippen molar-refractivity contribution >= 4 is 11.9 Å². The van der Waals surface area contributed by atoms with Gasteiger partial charge in [0.05, 0.1) is 12.7 Å². The Kier molecular flexibility index (Phi) is 4.92. The Hall–Kier alpha value is -2.11. The SMILES string of the molecule is COc1ccc(F)cc1C(=O)C1CCN(C(=O)OC(C)(C)C)C1. The molecular formula is C17H22FNO4. The number of rotatable bonds is 3. The number of ketones is 1. The molecule has 1 aromatic rings. The molecule has 1 aliphatic rings. The summed E-state index contributed by atoms with van der Waals surface area (Å²) in [5, 5.41) is 0. The van der Waals surface area contributed by atoms with E-state index < -0.39 is 17.5 Å². The summed E-state index contributed by atoms with van der Waals surface area (Å²) < 4.78 is 23.9. The lowest BCUT2D eigenvalue weighted by molar-refractivity contribution is 0.0289. The zero-order valence-electron chi connectivity index (χ0n) is 13.9. The number of carbonyl (C=O) groups is 2. The molecule has 0 saturated carbocycles. The molecule has 1 saturated heterocycles. The first-order valence-electron chi connectivity index (χ1n) is 7.57. The molecule has 1 aromatic carbocycles. The van der Waals surface area contributed by atoms with Gasteiger partial charge in [-0.15, -0.1) is 0 Å². The highest BCUT2D eigenvalue weighted by Crippen LogP contribution is 2.27. The van der Waals surface area contributed by atoms with Crippen LogP contribution in [0.3, 0.4) is 0 Å². The zero-order valence-corrected chi connectivity index (χ0v) is 13.9. The second kappa shape index (κ2) is 6.56. The van der Waals surface area contributed by atoms with E-state index >= 15 is 0 Å². The smallest absolute Gasteiger partial charge is 0.410 e. The molecule has 23 heavy (non-hydrogen) atoms. The number of halogens is 1. The minimum absolute atomic E-state index is 0.212. The predicted molar refractivity (Wildman–Crippen MR) is 83.2 cm³/mol. The van der Waals surface area contributed by atoms with E-state index in [1.807, 2.05) is 0 Å². The molecule has 1 heterocycles. The summed E-state index contributed by atoms with van der Waals surface area (Å²) in [6, 6.07) is 3.86. The van der Waals surface area contributed by atoms with Gasteiger partial charge >= 0.3 is 6.09 Å². The van der Waals surface area contributed by atoms with Crippen LogP contribution in [0.2, 0.25) is 0 Å². The van der Waals surface area contributed by atoms with E-state index in [0.717, 1.165) is 0 Å². The molecule has 0 spiro atoms. The highest BCUT2D eigenvalue weighted by Gasteiger charge is 2.34. The van der Waals surface area contributed by atoms with Gasteiger partial charge in [-0.3, -0.25) is 4.79 Å². The van der Waals surface area contributed by atoms with E-state index in [4.69, 9.17) is 9.47 Å². The van der Waals surface area contributed by atoms with Gasteiger partial charge in [0, 0.05) is 19.0 Å². The fourth-order valence-corrected chi connectivity index (χ4v) is 2.56. The van der Waals surface area contributed by atoms with Crippen LogP contribution in [-0.2, 0) is 4.74 Å². The normalized spacial score (nSPS) is 18.0. The van der Waals surface area contributed by atoms with Gasteiger partial charge in [0.25, 0.3) is 0 Å². The van der Waals surface area contributed by atoms with Crippen LogP contribution < -0.4 is 4.74 Å². The van der Waals surface area contributed by atoms with Crippen LogP contribution in [0, 0.1) is 11.7 Å². The first-order chi connectivity index (χ1) is 10.7. The molecule has 1 fully saturated rings. The molecule has 0 radical (unpaired) electrons. The number of likely N-dealkylation sites (tertiary alicyclic amines) is 1. The maximum atomic E-state index is 13.4. The van der Waals surface area contributed by atoms with Crippen LogP contribution in [0.15, 0.2) is 18.2 Å². The van der Waals surface area contributed by atoms with Gasteiger partial charge in [-0.2, -0.15) is 0 Å². The molecule has 5 nitrogen and oxygen atoms in total. The lowest BCUT2D eigenvalue weighted by Gasteiger charge is -2.24. The molecule has 0 N–H and O–H groups in total. The Morgan fingerprint density at radius 2 is 2.00 bits per heavy atom. The number of hydrogen-bond donors (Lipinski definition) is 0. The summed E-state index contributed by atoms with van der Waals surface area (Å²) in [4.78, 5) is 26.2. The lowest BCUT2D eigenvalue weighted by Crippen LogP contribution is -2.35. The summed E-state index contributed by atoms with van der Waals surface area (Å²) in [5.74, 6) is -0.742. The second-order valence-electron chi connectivity index (χ2n) is 6.62. The first kappa shape index (κ1) is 17.2. The van der Waals surface area contributed by atoms with Gasteiger partial charge in [-0.05, 0) is 45.4 Å². The van der Waals surface area contributed by atoms with E-state index in [-0.39, 0.29) is 23.8 Å². The molecule has 126 valence electrons. The van der Waals surface area contributed by atoms with Crippen molar-refractivity contribution in [3.8, 4) is 5.75 Å². The molecule has 2 rings (SSSR count). The third-order valence-corrected chi connectivity index (χ3v) is 3.64. The molecule has 0 aromatic heterocycles. The second-order valence-corrected chi connectivity index (χ2v) is 6.62. The minimum atomic E-state index is -0.578. The van der Waals surface area contributed by atoms with Crippen molar-refractivity contribution in [2.45, 2.75) is 32.8 Å². The maximum absolute atomic E-state index is 13.4. The van der Waals surface area contributed by atoms with Crippen molar-refractivity contribution in [1.29, 1.82) is 0 Å². The van der Waals surface area contributed by atoms with Crippen LogP contribution in [-0.4, -0.2) is 42.6 Å². The van der Waals surface area contributed by atoms with E-state index in [2.05, 4.69) is 0 Å². The molecule has 1 atom stereocenters. The average molecular weight is 323 g/mol. The molecule has 1 unspecified atom stereocenters. The fourth-order valence-electron chi connectivity index (χ4n) is 2.56.